The minimum atomic E-state index is -1.40. The van der Waals surface area contributed by atoms with Crippen LogP contribution < -0.4 is 9.47 Å². The van der Waals surface area contributed by atoms with E-state index in [0.29, 0.717) is 21.5 Å². The van der Waals surface area contributed by atoms with Gasteiger partial charge >= 0.3 is 0 Å². The van der Waals surface area contributed by atoms with E-state index in [1.807, 2.05) is 0 Å². The van der Waals surface area contributed by atoms with Gasteiger partial charge in [0.2, 0.25) is 6.79 Å². The summed E-state index contributed by atoms with van der Waals surface area (Å²) in [6, 6.07) is 3.17. The zero-order valence-electron chi connectivity index (χ0n) is 7.17. The summed E-state index contributed by atoms with van der Waals surface area (Å²) in [4.78, 5) is 0. The number of hydrogen-bond acceptors (Lipinski definition) is 3. The van der Waals surface area contributed by atoms with Crippen molar-refractivity contribution in [3.05, 3.63) is 22.2 Å². The van der Waals surface area contributed by atoms with Crippen LogP contribution in [0.25, 0.3) is 0 Å². The fourth-order valence-corrected chi connectivity index (χ4v) is 1.84. The second kappa shape index (κ2) is 3.74. The predicted octanol–water partition coefficient (Wildman–Crippen LogP) is 2.18. The van der Waals surface area contributed by atoms with Gasteiger partial charge in [0.15, 0.2) is 11.5 Å². The van der Waals surface area contributed by atoms with Crippen molar-refractivity contribution in [1.82, 2.24) is 0 Å². The number of ether oxygens (including phenoxy) is 2. The zero-order valence-corrected chi connectivity index (χ0v) is 8.75. The van der Waals surface area contributed by atoms with E-state index in [-0.39, 0.29) is 6.79 Å². The number of aliphatic hydroxyl groups excluding tert-OH is 1. The van der Waals surface area contributed by atoms with Crippen LogP contribution in [0.5, 0.6) is 11.5 Å². The SMILES string of the molecule is OCC(F)c1cc2c(cc1Br)OCO2. The number of hydrogen-bond donors (Lipinski definition) is 1. The largest absolute Gasteiger partial charge is 0.454 e. The third-order valence-corrected chi connectivity index (χ3v) is 2.68. The minimum absolute atomic E-state index is 0.154. The molecule has 1 aliphatic rings. The molecule has 0 spiro atoms. The van der Waals surface area contributed by atoms with Crippen LogP contribution in [0, 0.1) is 0 Å². The molecule has 0 aliphatic carbocycles. The molecule has 1 N–H and O–H groups in total. The highest BCUT2D eigenvalue weighted by Crippen LogP contribution is 2.39. The molecule has 1 aromatic carbocycles. The van der Waals surface area contributed by atoms with Crippen LogP contribution in [-0.2, 0) is 0 Å². The Morgan fingerprint density at radius 1 is 1.43 bits per heavy atom. The molecule has 1 aromatic rings. The average Bonchev–Trinajstić information content (AvgIpc) is 2.62. The molecule has 0 aromatic heterocycles. The van der Waals surface area contributed by atoms with Gasteiger partial charge in [0.05, 0.1) is 6.61 Å². The van der Waals surface area contributed by atoms with Gasteiger partial charge in [0.1, 0.15) is 6.17 Å². The van der Waals surface area contributed by atoms with Gasteiger partial charge in [-0.3, -0.25) is 0 Å². The maximum atomic E-state index is 13.2. The van der Waals surface area contributed by atoms with Crippen molar-refractivity contribution >= 4 is 15.9 Å². The maximum Gasteiger partial charge on any atom is 0.231 e. The summed E-state index contributed by atoms with van der Waals surface area (Å²) in [7, 11) is 0. The molecule has 1 unspecified atom stereocenters. The summed E-state index contributed by atoms with van der Waals surface area (Å²) in [5, 5.41) is 8.69. The van der Waals surface area contributed by atoms with Crippen LogP contribution in [-0.4, -0.2) is 18.5 Å². The summed E-state index contributed by atoms with van der Waals surface area (Å²) >= 11 is 3.20. The number of aliphatic hydroxyl groups is 1. The Balaban J connectivity index is 2.42. The molecule has 1 heterocycles. The third-order valence-electron chi connectivity index (χ3n) is 1.99. The molecule has 0 bridgehead atoms. The monoisotopic (exact) mass is 262 g/mol. The Morgan fingerprint density at radius 3 is 2.71 bits per heavy atom. The first-order valence-corrected chi connectivity index (χ1v) is 4.85. The highest BCUT2D eigenvalue weighted by molar-refractivity contribution is 9.10. The van der Waals surface area contributed by atoms with Crippen LogP contribution >= 0.6 is 15.9 Å². The molecule has 3 nitrogen and oxygen atoms in total. The molecule has 0 saturated heterocycles. The first-order valence-electron chi connectivity index (χ1n) is 4.06. The van der Waals surface area contributed by atoms with E-state index in [0.717, 1.165) is 0 Å². The van der Waals surface area contributed by atoms with Crippen molar-refractivity contribution in [2.24, 2.45) is 0 Å². The van der Waals surface area contributed by atoms with Crippen molar-refractivity contribution in [2.45, 2.75) is 6.17 Å². The highest BCUT2D eigenvalue weighted by Gasteiger charge is 2.20. The summed E-state index contributed by atoms with van der Waals surface area (Å²) in [5.41, 5.74) is 0.372. The van der Waals surface area contributed by atoms with E-state index >= 15 is 0 Å². The normalized spacial score (nSPS) is 15.6. The fraction of sp³-hybridized carbons (Fsp3) is 0.333. The molecular formula is C9H8BrFO3. The smallest absolute Gasteiger partial charge is 0.231 e. The number of fused-ring (bicyclic) bond motifs is 1. The Kier molecular flexibility index (Phi) is 2.60. The predicted molar refractivity (Wildman–Crippen MR) is 51.2 cm³/mol. The van der Waals surface area contributed by atoms with E-state index in [4.69, 9.17) is 14.6 Å². The molecule has 1 aliphatic heterocycles. The van der Waals surface area contributed by atoms with Gasteiger partial charge < -0.3 is 14.6 Å². The lowest BCUT2D eigenvalue weighted by Gasteiger charge is -2.08. The quantitative estimate of drug-likeness (QED) is 0.888. The number of benzene rings is 1. The van der Waals surface area contributed by atoms with Gasteiger partial charge in [0.25, 0.3) is 0 Å². The van der Waals surface area contributed by atoms with Gasteiger partial charge in [0, 0.05) is 10.0 Å². The van der Waals surface area contributed by atoms with Gasteiger partial charge in [-0.2, -0.15) is 0 Å². The maximum absolute atomic E-state index is 13.2. The lowest BCUT2D eigenvalue weighted by atomic mass is 10.1. The van der Waals surface area contributed by atoms with Crippen LogP contribution in [0.3, 0.4) is 0 Å². The van der Waals surface area contributed by atoms with Crippen molar-refractivity contribution in [3.8, 4) is 11.5 Å². The first kappa shape index (κ1) is 9.73. The highest BCUT2D eigenvalue weighted by atomic mass is 79.9. The lowest BCUT2D eigenvalue weighted by molar-refractivity contribution is 0.172. The summed E-state index contributed by atoms with van der Waals surface area (Å²) in [6.07, 6.45) is -1.40. The molecular weight excluding hydrogens is 255 g/mol. The van der Waals surface area contributed by atoms with Gasteiger partial charge in [-0.15, -0.1) is 0 Å². The van der Waals surface area contributed by atoms with Crippen molar-refractivity contribution < 1.29 is 19.0 Å². The van der Waals surface area contributed by atoms with Crippen molar-refractivity contribution in [1.29, 1.82) is 0 Å². The summed E-state index contributed by atoms with van der Waals surface area (Å²) < 4.78 is 24.0. The molecule has 76 valence electrons. The standard InChI is InChI=1S/C9H8BrFO3/c10-6-2-9-8(13-4-14-9)1-5(6)7(11)3-12/h1-2,7,12H,3-4H2. The summed E-state index contributed by atoms with van der Waals surface area (Å²) in [6.45, 7) is -0.389. The second-order valence-corrected chi connectivity index (χ2v) is 3.73. The molecule has 14 heavy (non-hydrogen) atoms. The van der Waals surface area contributed by atoms with E-state index in [2.05, 4.69) is 15.9 Å². The fourth-order valence-electron chi connectivity index (χ4n) is 1.27. The third kappa shape index (κ3) is 1.57. The topological polar surface area (TPSA) is 38.7 Å². The molecule has 1 atom stereocenters. The van der Waals surface area contributed by atoms with E-state index < -0.39 is 12.8 Å². The molecule has 0 radical (unpaired) electrons. The van der Waals surface area contributed by atoms with Gasteiger partial charge in [-0.05, 0) is 12.1 Å². The van der Waals surface area contributed by atoms with Gasteiger partial charge in [-0.1, -0.05) is 15.9 Å². The summed E-state index contributed by atoms with van der Waals surface area (Å²) in [5.74, 6) is 1.10. The second-order valence-electron chi connectivity index (χ2n) is 2.88. The average molecular weight is 263 g/mol. The van der Waals surface area contributed by atoms with Gasteiger partial charge in [-0.25, -0.2) is 4.39 Å². The molecule has 0 amide bonds. The van der Waals surface area contributed by atoms with E-state index in [1.165, 1.54) is 6.07 Å². The number of alkyl halides is 1. The Labute approximate surface area is 88.6 Å². The van der Waals surface area contributed by atoms with E-state index in [9.17, 15) is 4.39 Å². The van der Waals surface area contributed by atoms with Crippen molar-refractivity contribution in [3.63, 3.8) is 0 Å². The van der Waals surface area contributed by atoms with Crippen LogP contribution in [0.15, 0.2) is 16.6 Å². The molecule has 0 saturated carbocycles. The Bertz CT molecular complexity index is 356. The van der Waals surface area contributed by atoms with Crippen LogP contribution in [0.2, 0.25) is 0 Å². The number of halogens is 2. The van der Waals surface area contributed by atoms with Crippen LogP contribution in [0.1, 0.15) is 11.7 Å². The molecule has 5 heteroatoms. The van der Waals surface area contributed by atoms with E-state index in [1.54, 1.807) is 6.07 Å². The first-order chi connectivity index (χ1) is 6.72. The Morgan fingerprint density at radius 2 is 2.07 bits per heavy atom. The zero-order chi connectivity index (χ0) is 10.1. The minimum Gasteiger partial charge on any atom is -0.454 e. The Hall–Kier alpha value is -0.810. The van der Waals surface area contributed by atoms with Crippen LogP contribution in [0.4, 0.5) is 4.39 Å². The lowest BCUT2D eigenvalue weighted by Crippen LogP contribution is -1.98. The molecule has 2 rings (SSSR count). The molecule has 0 fully saturated rings. The van der Waals surface area contributed by atoms with Crippen molar-refractivity contribution in [2.75, 3.05) is 13.4 Å². The number of rotatable bonds is 2.